The molecule has 2 unspecified atom stereocenters. The van der Waals surface area contributed by atoms with Crippen LogP contribution in [0.1, 0.15) is 18.4 Å². The van der Waals surface area contributed by atoms with E-state index in [4.69, 9.17) is 14.2 Å². The first kappa shape index (κ1) is 20.9. The number of likely N-dealkylation sites (tertiary alicyclic amines) is 1. The van der Waals surface area contributed by atoms with E-state index in [-0.39, 0.29) is 42.6 Å². The molecule has 0 N–H and O–H groups in total. The summed E-state index contributed by atoms with van der Waals surface area (Å²) in [6.07, 6.45) is 0.561. The van der Waals surface area contributed by atoms with Crippen LogP contribution in [-0.2, 0) is 30.7 Å². The largest absolute Gasteiger partial charge is 0.454 e. The Hall–Kier alpha value is -2.33. The number of carbonyl (C=O) groups is 2. The Morgan fingerprint density at radius 2 is 2.10 bits per heavy atom. The normalized spacial score (nSPS) is 24.4. The van der Waals surface area contributed by atoms with Crippen molar-refractivity contribution in [2.45, 2.75) is 25.4 Å². The Labute approximate surface area is 175 Å². The Morgan fingerprint density at radius 3 is 2.83 bits per heavy atom. The van der Waals surface area contributed by atoms with Crippen molar-refractivity contribution in [1.29, 1.82) is 0 Å². The zero-order valence-electron chi connectivity index (χ0n) is 16.9. The van der Waals surface area contributed by atoms with Gasteiger partial charge in [-0.25, -0.2) is 8.42 Å². The first-order valence-corrected chi connectivity index (χ1v) is 11.8. The topological polar surface area (TPSA) is 102 Å². The summed E-state index contributed by atoms with van der Waals surface area (Å²) in [5.74, 6) is 0.664. The van der Waals surface area contributed by atoms with E-state index in [2.05, 4.69) is 0 Å². The molecule has 30 heavy (non-hydrogen) atoms. The minimum absolute atomic E-state index is 0.0238. The van der Waals surface area contributed by atoms with Crippen molar-refractivity contribution in [3.8, 4) is 11.5 Å². The van der Waals surface area contributed by atoms with Crippen molar-refractivity contribution in [2.24, 2.45) is 5.92 Å². The monoisotopic (exact) mass is 438 g/mol. The molecular formula is C20H26N2O7S. The van der Waals surface area contributed by atoms with E-state index in [1.807, 2.05) is 18.2 Å². The highest BCUT2D eigenvalue weighted by Crippen LogP contribution is 2.33. The lowest BCUT2D eigenvalue weighted by atomic mass is 10.1. The summed E-state index contributed by atoms with van der Waals surface area (Å²) in [5.41, 5.74) is 0.902. The molecule has 0 radical (unpaired) electrons. The molecule has 0 bridgehead atoms. The number of nitrogens with zero attached hydrogens (tertiary/aromatic N) is 2. The molecule has 2 atom stereocenters. The quantitative estimate of drug-likeness (QED) is 0.608. The number of ether oxygens (including phenoxy) is 3. The highest BCUT2D eigenvalue weighted by Gasteiger charge is 2.41. The zero-order chi connectivity index (χ0) is 21.3. The van der Waals surface area contributed by atoms with Crippen molar-refractivity contribution >= 4 is 21.7 Å². The van der Waals surface area contributed by atoms with E-state index >= 15 is 0 Å². The first-order valence-electron chi connectivity index (χ1n) is 10.0. The predicted octanol–water partition coefficient (Wildman–Crippen LogP) is 0.426. The van der Waals surface area contributed by atoms with Crippen LogP contribution in [0.15, 0.2) is 18.2 Å². The van der Waals surface area contributed by atoms with E-state index in [1.165, 1.54) is 0 Å². The molecule has 2 fully saturated rings. The van der Waals surface area contributed by atoms with Gasteiger partial charge in [0.25, 0.3) is 0 Å². The van der Waals surface area contributed by atoms with Crippen LogP contribution >= 0.6 is 0 Å². The van der Waals surface area contributed by atoms with Crippen LogP contribution in [0.2, 0.25) is 0 Å². The van der Waals surface area contributed by atoms with Gasteiger partial charge in [-0.3, -0.25) is 9.59 Å². The summed E-state index contributed by atoms with van der Waals surface area (Å²) < 4.78 is 39.6. The molecule has 10 heteroatoms. The smallest absolute Gasteiger partial charge is 0.231 e. The van der Waals surface area contributed by atoms with Crippen LogP contribution in [0.3, 0.4) is 0 Å². The number of methoxy groups -OCH3 is 1. The minimum atomic E-state index is -3.12. The van der Waals surface area contributed by atoms with Crippen LogP contribution in [0.25, 0.3) is 0 Å². The lowest BCUT2D eigenvalue weighted by molar-refractivity contribution is -0.138. The van der Waals surface area contributed by atoms with Crippen molar-refractivity contribution in [3.05, 3.63) is 23.8 Å². The van der Waals surface area contributed by atoms with Gasteiger partial charge < -0.3 is 24.0 Å². The third-order valence-corrected chi connectivity index (χ3v) is 7.59. The third kappa shape index (κ3) is 4.39. The van der Waals surface area contributed by atoms with Crippen molar-refractivity contribution in [2.75, 3.05) is 45.1 Å². The van der Waals surface area contributed by atoms with Crippen LogP contribution in [-0.4, -0.2) is 81.2 Å². The van der Waals surface area contributed by atoms with Gasteiger partial charge >= 0.3 is 0 Å². The van der Waals surface area contributed by atoms with Gasteiger partial charge in [-0.2, -0.15) is 0 Å². The minimum Gasteiger partial charge on any atom is -0.454 e. The van der Waals surface area contributed by atoms with E-state index in [0.717, 1.165) is 5.56 Å². The number of hydrogen-bond acceptors (Lipinski definition) is 7. The van der Waals surface area contributed by atoms with Gasteiger partial charge in [-0.05, 0) is 24.1 Å². The molecule has 0 aromatic heterocycles. The Kier molecular flexibility index (Phi) is 5.88. The molecule has 2 amide bonds. The molecule has 2 saturated heterocycles. The average Bonchev–Trinajstić information content (AvgIpc) is 3.41. The molecule has 1 aromatic carbocycles. The Balaban J connectivity index is 1.43. The standard InChI is InChI=1S/C20H26N2O7S/c1-27-6-5-22(16-4-7-30(25,26)12-16)20(24)15-9-19(23)21(11-15)10-14-2-3-17-18(8-14)29-13-28-17/h2-3,8,15-16H,4-7,9-13H2,1H3. The lowest BCUT2D eigenvalue weighted by Gasteiger charge is -2.30. The second-order valence-corrected chi connectivity index (χ2v) is 10.2. The molecular weight excluding hydrogens is 412 g/mol. The van der Waals surface area contributed by atoms with Gasteiger partial charge in [0.2, 0.25) is 18.6 Å². The van der Waals surface area contributed by atoms with E-state index in [1.54, 1.807) is 16.9 Å². The fourth-order valence-electron chi connectivity index (χ4n) is 4.27. The van der Waals surface area contributed by atoms with E-state index < -0.39 is 15.8 Å². The number of benzene rings is 1. The molecule has 0 saturated carbocycles. The number of hydrogen-bond donors (Lipinski definition) is 0. The van der Waals surface area contributed by atoms with Crippen LogP contribution in [0, 0.1) is 5.92 Å². The molecule has 3 aliphatic heterocycles. The number of carbonyl (C=O) groups excluding carboxylic acids is 2. The van der Waals surface area contributed by atoms with Gasteiger partial charge in [0.05, 0.1) is 24.0 Å². The van der Waals surface area contributed by atoms with E-state index in [9.17, 15) is 18.0 Å². The highest BCUT2D eigenvalue weighted by atomic mass is 32.2. The van der Waals surface area contributed by atoms with E-state index in [0.29, 0.717) is 44.2 Å². The highest BCUT2D eigenvalue weighted by molar-refractivity contribution is 7.91. The lowest BCUT2D eigenvalue weighted by Crippen LogP contribution is -2.46. The zero-order valence-corrected chi connectivity index (χ0v) is 17.7. The average molecular weight is 439 g/mol. The van der Waals surface area contributed by atoms with Gasteiger partial charge in [0, 0.05) is 39.2 Å². The molecule has 4 rings (SSSR count). The summed E-state index contributed by atoms with van der Waals surface area (Å²) in [7, 11) is -1.58. The second-order valence-electron chi connectivity index (χ2n) is 7.94. The molecule has 1 aromatic rings. The maximum Gasteiger partial charge on any atom is 0.231 e. The van der Waals surface area contributed by atoms with Gasteiger partial charge in [-0.1, -0.05) is 6.07 Å². The maximum absolute atomic E-state index is 13.2. The predicted molar refractivity (Wildman–Crippen MR) is 107 cm³/mol. The summed E-state index contributed by atoms with van der Waals surface area (Å²) >= 11 is 0. The maximum atomic E-state index is 13.2. The third-order valence-electron chi connectivity index (χ3n) is 5.84. The fourth-order valence-corrected chi connectivity index (χ4v) is 6.00. The Morgan fingerprint density at radius 1 is 1.30 bits per heavy atom. The van der Waals surface area contributed by atoms with Gasteiger partial charge in [0.1, 0.15) is 0 Å². The summed E-state index contributed by atoms with van der Waals surface area (Å²) in [4.78, 5) is 29.0. The fraction of sp³-hybridized carbons (Fsp3) is 0.600. The second kappa shape index (κ2) is 8.43. The molecule has 3 aliphatic rings. The number of amides is 2. The first-order chi connectivity index (χ1) is 14.4. The summed E-state index contributed by atoms with van der Waals surface area (Å²) in [5, 5.41) is 0. The molecule has 164 valence electrons. The van der Waals surface area contributed by atoms with Crippen molar-refractivity contribution in [3.63, 3.8) is 0 Å². The van der Waals surface area contributed by atoms with Crippen molar-refractivity contribution in [1.82, 2.24) is 9.80 Å². The number of fused-ring (bicyclic) bond motifs is 1. The summed E-state index contributed by atoms with van der Waals surface area (Å²) in [6.45, 7) is 1.53. The number of rotatable bonds is 7. The van der Waals surface area contributed by atoms with Crippen LogP contribution in [0.5, 0.6) is 11.5 Å². The van der Waals surface area contributed by atoms with Gasteiger partial charge in [-0.15, -0.1) is 0 Å². The summed E-state index contributed by atoms with van der Waals surface area (Å²) in [6, 6.07) is 5.19. The SMILES string of the molecule is COCCN(C(=O)C1CC(=O)N(Cc2ccc3c(c2)OCO3)C1)C1CCS(=O)(=O)C1. The molecule has 0 spiro atoms. The Bertz CT molecular complexity index is 933. The van der Waals surface area contributed by atoms with Crippen molar-refractivity contribution < 1.29 is 32.2 Å². The molecule has 9 nitrogen and oxygen atoms in total. The van der Waals surface area contributed by atoms with Crippen LogP contribution < -0.4 is 9.47 Å². The molecule has 3 heterocycles. The molecule has 0 aliphatic carbocycles. The van der Waals surface area contributed by atoms with Crippen LogP contribution in [0.4, 0.5) is 0 Å². The number of sulfone groups is 1. The van der Waals surface area contributed by atoms with Gasteiger partial charge in [0.15, 0.2) is 21.3 Å².